The molecule has 0 fully saturated rings. The van der Waals surface area contributed by atoms with Crippen LogP contribution in [0.3, 0.4) is 0 Å². The van der Waals surface area contributed by atoms with E-state index < -0.39 is 0 Å². The van der Waals surface area contributed by atoms with Gasteiger partial charge in [0.1, 0.15) is 6.33 Å². The van der Waals surface area contributed by atoms with E-state index in [1.165, 1.54) is 6.33 Å². The number of hydrogen-bond donors (Lipinski definition) is 1. The molecule has 0 bridgehead atoms. The monoisotopic (exact) mass is 206 g/mol. The zero-order valence-electron chi connectivity index (χ0n) is 8.00. The molecule has 0 unspecified atom stereocenters. The standard InChI is InChI=1S/C8H10N6O/c1(2-8-11-13-14-12-8)3-15-7-4-9-6-10-5-7/h4-6H,1-3H2,(H,11,12,13,14). The smallest absolute Gasteiger partial charge is 0.174 e. The van der Waals surface area contributed by atoms with Gasteiger partial charge < -0.3 is 4.74 Å². The molecule has 0 atom stereocenters. The number of tetrazole rings is 1. The maximum atomic E-state index is 5.39. The number of aromatic amines is 1. The molecule has 15 heavy (non-hydrogen) atoms. The molecule has 2 aromatic rings. The van der Waals surface area contributed by atoms with Gasteiger partial charge >= 0.3 is 0 Å². The van der Waals surface area contributed by atoms with Gasteiger partial charge in [0, 0.05) is 6.42 Å². The van der Waals surface area contributed by atoms with Crippen LogP contribution in [-0.2, 0) is 6.42 Å². The van der Waals surface area contributed by atoms with Crippen molar-refractivity contribution in [1.29, 1.82) is 0 Å². The van der Waals surface area contributed by atoms with E-state index in [2.05, 4.69) is 30.6 Å². The summed E-state index contributed by atoms with van der Waals surface area (Å²) in [6, 6.07) is 0. The summed E-state index contributed by atoms with van der Waals surface area (Å²) in [5.74, 6) is 1.37. The van der Waals surface area contributed by atoms with Crippen molar-refractivity contribution in [2.24, 2.45) is 0 Å². The summed E-state index contributed by atoms with van der Waals surface area (Å²) >= 11 is 0. The Morgan fingerprint density at radius 3 is 2.87 bits per heavy atom. The van der Waals surface area contributed by atoms with Gasteiger partial charge in [0.05, 0.1) is 19.0 Å². The third kappa shape index (κ3) is 2.97. The van der Waals surface area contributed by atoms with Gasteiger partial charge in [-0.1, -0.05) is 5.21 Å². The van der Waals surface area contributed by atoms with Gasteiger partial charge in [0.2, 0.25) is 0 Å². The first kappa shape index (κ1) is 9.50. The lowest BCUT2D eigenvalue weighted by Crippen LogP contribution is -2.01. The summed E-state index contributed by atoms with van der Waals surface area (Å²) in [7, 11) is 0. The van der Waals surface area contributed by atoms with Crippen molar-refractivity contribution in [3.05, 3.63) is 24.5 Å². The summed E-state index contributed by atoms with van der Waals surface area (Å²) in [4.78, 5) is 7.68. The number of aromatic nitrogens is 6. The Kier molecular flexibility index (Phi) is 3.16. The highest BCUT2D eigenvalue weighted by Crippen LogP contribution is 2.04. The fourth-order valence-corrected chi connectivity index (χ4v) is 1.07. The van der Waals surface area contributed by atoms with E-state index in [9.17, 15) is 0 Å². The Morgan fingerprint density at radius 2 is 2.13 bits per heavy atom. The van der Waals surface area contributed by atoms with Crippen molar-refractivity contribution in [2.45, 2.75) is 12.8 Å². The molecular weight excluding hydrogens is 196 g/mol. The zero-order chi connectivity index (χ0) is 10.3. The van der Waals surface area contributed by atoms with Crippen LogP contribution in [0.1, 0.15) is 12.2 Å². The van der Waals surface area contributed by atoms with Crippen LogP contribution in [0.4, 0.5) is 0 Å². The third-order valence-electron chi connectivity index (χ3n) is 1.74. The summed E-state index contributed by atoms with van der Waals surface area (Å²) in [5.41, 5.74) is 0. The largest absolute Gasteiger partial charge is 0.490 e. The Labute approximate surface area is 85.9 Å². The van der Waals surface area contributed by atoms with Gasteiger partial charge in [0.25, 0.3) is 0 Å². The zero-order valence-corrected chi connectivity index (χ0v) is 8.00. The van der Waals surface area contributed by atoms with E-state index in [1.54, 1.807) is 12.4 Å². The van der Waals surface area contributed by atoms with Gasteiger partial charge in [-0.3, -0.25) is 0 Å². The lowest BCUT2D eigenvalue weighted by atomic mass is 10.3. The van der Waals surface area contributed by atoms with Crippen molar-refractivity contribution in [3.8, 4) is 5.75 Å². The molecule has 2 rings (SSSR count). The molecule has 7 nitrogen and oxygen atoms in total. The minimum Gasteiger partial charge on any atom is -0.490 e. The fraction of sp³-hybridized carbons (Fsp3) is 0.375. The molecule has 0 aromatic carbocycles. The molecule has 0 saturated carbocycles. The molecule has 2 heterocycles. The molecule has 0 spiro atoms. The number of H-pyrrole nitrogens is 1. The highest BCUT2D eigenvalue weighted by molar-refractivity contribution is 5.09. The number of rotatable bonds is 5. The summed E-state index contributed by atoms with van der Waals surface area (Å²) in [6.45, 7) is 0.585. The molecule has 7 heteroatoms. The molecule has 0 amide bonds. The maximum absolute atomic E-state index is 5.39. The second kappa shape index (κ2) is 4.99. The molecule has 0 aliphatic heterocycles. The second-order valence-electron chi connectivity index (χ2n) is 2.85. The van der Waals surface area contributed by atoms with E-state index in [0.29, 0.717) is 18.2 Å². The van der Waals surface area contributed by atoms with Crippen molar-refractivity contribution < 1.29 is 4.74 Å². The van der Waals surface area contributed by atoms with Gasteiger partial charge in [0.15, 0.2) is 11.6 Å². The molecule has 0 radical (unpaired) electrons. The first-order valence-corrected chi connectivity index (χ1v) is 4.55. The molecule has 0 saturated heterocycles. The number of nitrogens with zero attached hydrogens (tertiary/aromatic N) is 5. The van der Waals surface area contributed by atoms with Crippen LogP contribution in [0.2, 0.25) is 0 Å². The van der Waals surface area contributed by atoms with Crippen LogP contribution in [0.25, 0.3) is 0 Å². The summed E-state index contributed by atoms with van der Waals surface area (Å²) in [6.07, 6.45) is 6.29. The number of nitrogens with one attached hydrogen (secondary N) is 1. The summed E-state index contributed by atoms with van der Waals surface area (Å²) < 4.78 is 5.39. The molecule has 0 aliphatic rings. The predicted molar refractivity (Wildman–Crippen MR) is 50.0 cm³/mol. The molecular formula is C8H10N6O. The van der Waals surface area contributed by atoms with Gasteiger partial charge in [-0.15, -0.1) is 10.2 Å². The first-order chi connectivity index (χ1) is 7.45. The lowest BCUT2D eigenvalue weighted by Gasteiger charge is -2.02. The number of ether oxygens (including phenoxy) is 1. The Bertz CT molecular complexity index is 375. The normalized spacial score (nSPS) is 10.1. The highest BCUT2D eigenvalue weighted by Gasteiger charge is 1.98. The van der Waals surface area contributed by atoms with E-state index in [-0.39, 0.29) is 0 Å². The van der Waals surface area contributed by atoms with E-state index in [1.807, 2.05) is 0 Å². The SMILES string of the molecule is c1ncc(OCCCc2nn[nH]n2)cn1. The molecule has 1 N–H and O–H groups in total. The van der Waals surface area contributed by atoms with Crippen LogP contribution >= 0.6 is 0 Å². The van der Waals surface area contributed by atoms with Crippen LogP contribution in [0.5, 0.6) is 5.75 Å². The minimum absolute atomic E-state index is 0.585. The van der Waals surface area contributed by atoms with Crippen molar-refractivity contribution >= 4 is 0 Å². The minimum atomic E-state index is 0.585. The maximum Gasteiger partial charge on any atom is 0.174 e. The number of aryl methyl sites for hydroxylation is 1. The predicted octanol–water partition coefficient (Wildman–Crippen LogP) is 0.00130. The van der Waals surface area contributed by atoms with Gasteiger partial charge in [-0.25, -0.2) is 9.97 Å². The van der Waals surface area contributed by atoms with Crippen molar-refractivity contribution in [2.75, 3.05) is 6.61 Å². The fourth-order valence-electron chi connectivity index (χ4n) is 1.07. The molecule has 78 valence electrons. The van der Waals surface area contributed by atoms with Crippen LogP contribution in [-0.4, -0.2) is 37.2 Å². The molecule has 2 aromatic heterocycles. The highest BCUT2D eigenvalue weighted by atomic mass is 16.5. The Balaban J connectivity index is 1.68. The second-order valence-corrected chi connectivity index (χ2v) is 2.85. The van der Waals surface area contributed by atoms with E-state index in [0.717, 1.165) is 12.8 Å². The number of hydrogen-bond acceptors (Lipinski definition) is 6. The Morgan fingerprint density at radius 1 is 1.27 bits per heavy atom. The summed E-state index contributed by atoms with van der Waals surface area (Å²) in [5, 5.41) is 13.5. The van der Waals surface area contributed by atoms with Crippen LogP contribution in [0, 0.1) is 0 Å². The van der Waals surface area contributed by atoms with Crippen LogP contribution < -0.4 is 4.74 Å². The van der Waals surface area contributed by atoms with Crippen molar-refractivity contribution in [3.63, 3.8) is 0 Å². The molecule has 0 aliphatic carbocycles. The first-order valence-electron chi connectivity index (χ1n) is 4.55. The van der Waals surface area contributed by atoms with Gasteiger partial charge in [-0.05, 0) is 6.42 Å². The van der Waals surface area contributed by atoms with E-state index in [4.69, 9.17) is 4.74 Å². The average Bonchev–Trinajstić information content (AvgIpc) is 2.79. The van der Waals surface area contributed by atoms with E-state index >= 15 is 0 Å². The van der Waals surface area contributed by atoms with Gasteiger partial charge in [-0.2, -0.15) is 5.21 Å². The topological polar surface area (TPSA) is 89.5 Å². The third-order valence-corrected chi connectivity index (χ3v) is 1.74. The quantitative estimate of drug-likeness (QED) is 0.692. The van der Waals surface area contributed by atoms with Crippen LogP contribution in [0.15, 0.2) is 18.7 Å². The Hall–Kier alpha value is -2.05. The van der Waals surface area contributed by atoms with Crippen molar-refractivity contribution in [1.82, 2.24) is 30.6 Å². The lowest BCUT2D eigenvalue weighted by molar-refractivity contribution is 0.307. The average molecular weight is 206 g/mol.